The van der Waals surface area contributed by atoms with Gasteiger partial charge in [0.05, 0.1) is 6.20 Å². The lowest BCUT2D eigenvalue weighted by atomic mass is 10.1. The highest BCUT2D eigenvalue weighted by Crippen LogP contribution is 2.23. The van der Waals surface area contributed by atoms with Crippen LogP contribution in [0.1, 0.15) is 51.4 Å². The molecule has 98 valence electrons. The Hall–Kier alpha value is -1.39. The molecule has 0 amide bonds. The third kappa shape index (κ3) is 3.31. The highest BCUT2D eigenvalue weighted by molar-refractivity contribution is 5.39. The fourth-order valence-electron chi connectivity index (χ4n) is 2.48. The molecule has 2 saturated carbocycles. The lowest BCUT2D eigenvalue weighted by molar-refractivity contribution is 0.616. The minimum atomic E-state index is 0.554. The summed E-state index contributed by atoms with van der Waals surface area (Å²) < 4.78 is 0. The van der Waals surface area contributed by atoms with Gasteiger partial charge in [-0.25, -0.2) is 0 Å². The van der Waals surface area contributed by atoms with E-state index >= 15 is 0 Å². The van der Waals surface area contributed by atoms with Crippen molar-refractivity contribution in [3.05, 3.63) is 6.20 Å². The van der Waals surface area contributed by atoms with Crippen molar-refractivity contribution >= 4 is 11.8 Å². The van der Waals surface area contributed by atoms with E-state index < -0.39 is 0 Å². The minimum absolute atomic E-state index is 0.554. The van der Waals surface area contributed by atoms with Crippen LogP contribution in [0.5, 0.6) is 0 Å². The van der Waals surface area contributed by atoms with Crippen LogP contribution in [0.2, 0.25) is 0 Å². The number of nitrogens with one attached hydrogen (secondary N) is 2. The minimum Gasteiger partial charge on any atom is -0.366 e. The van der Waals surface area contributed by atoms with Crippen LogP contribution in [0.15, 0.2) is 6.20 Å². The van der Waals surface area contributed by atoms with E-state index in [1.165, 1.54) is 51.4 Å². The Kier molecular flexibility index (Phi) is 3.57. The van der Waals surface area contributed by atoms with Gasteiger partial charge in [-0.1, -0.05) is 25.7 Å². The lowest BCUT2D eigenvalue weighted by Gasteiger charge is -2.16. The molecule has 0 aromatic carbocycles. The average molecular weight is 247 g/mol. The van der Waals surface area contributed by atoms with E-state index in [0.29, 0.717) is 18.0 Å². The second-order valence-corrected chi connectivity index (χ2v) is 5.42. The second-order valence-electron chi connectivity index (χ2n) is 5.42. The van der Waals surface area contributed by atoms with Crippen LogP contribution in [-0.4, -0.2) is 27.3 Å². The van der Waals surface area contributed by atoms with Gasteiger partial charge in [0.25, 0.3) is 0 Å². The number of anilines is 2. The van der Waals surface area contributed by atoms with Crippen LogP contribution in [0.4, 0.5) is 11.8 Å². The quantitative estimate of drug-likeness (QED) is 0.801. The smallest absolute Gasteiger partial charge is 0.244 e. The normalized spacial score (nSPS) is 21.3. The van der Waals surface area contributed by atoms with Crippen molar-refractivity contribution in [2.45, 2.75) is 63.5 Å². The van der Waals surface area contributed by atoms with Crippen LogP contribution in [0, 0.1) is 0 Å². The molecule has 2 aliphatic rings. The van der Waals surface area contributed by atoms with Gasteiger partial charge in [-0.3, -0.25) is 0 Å². The first-order chi connectivity index (χ1) is 8.90. The standard InChI is InChI=1S/C13H21N5/c1-2-4-6-10(5-3-1)15-12-9-14-18-13(17-12)16-11-7-8-11/h9-11H,1-8H2,(H2,15,16,17,18). The number of hydrogen-bond donors (Lipinski definition) is 2. The molecule has 5 heteroatoms. The Balaban J connectivity index is 1.59. The summed E-state index contributed by atoms with van der Waals surface area (Å²) in [5.41, 5.74) is 0. The van der Waals surface area contributed by atoms with E-state index in [2.05, 4.69) is 25.8 Å². The fraction of sp³-hybridized carbons (Fsp3) is 0.769. The Morgan fingerprint density at radius 1 is 0.889 bits per heavy atom. The summed E-state index contributed by atoms with van der Waals surface area (Å²) in [7, 11) is 0. The van der Waals surface area contributed by atoms with Gasteiger partial charge in [0, 0.05) is 12.1 Å². The Labute approximate surface area is 108 Å². The Bertz CT molecular complexity index is 383. The summed E-state index contributed by atoms with van der Waals surface area (Å²) in [5, 5.41) is 14.8. The Morgan fingerprint density at radius 3 is 2.33 bits per heavy atom. The largest absolute Gasteiger partial charge is 0.366 e. The van der Waals surface area contributed by atoms with Gasteiger partial charge in [-0.15, -0.1) is 5.10 Å². The lowest BCUT2D eigenvalue weighted by Crippen LogP contribution is -2.20. The number of aromatic nitrogens is 3. The maximum Gasteiger partial charge on any atom is 0.244 e. The van der Waals surface area contributed by atoms with Crippen molar-refractivity contribution in [2.75, 3.05) is 10.6 Å². The average Bonchev–Trinajstić information content (AvgIpc) is 3.18. The van der Waals surface area contributed by atoms with Crippen molar-refractivity contribution in [3.63, 3.8) is 0 Å². The van der Waals surface area contributed by atoms with Crippen LogP contribution in [-0.2, 0) is 0 Å². The van der Waals surface area contributed by atoms with Gasteiger partial charge < -0.3 is 10.6 Å². The zero-order valence-electron chi connectivity index (χ0n) is 10.7. The maximum atomic E-state index is 4.48. The molecule has 18 heavy (non-hydrogen) atoms. The third-order valence-corrected chi connectivity index (χ3v) is 3.68. The summed E-state index contributed by atoms with van der Waals surface area (Å²) in [6.45, 7) is 0. The van der Waals surface area contributed by atoms with Gasteiger partial charge in [0.15, 0.2) is 5.82 Å². The monoisotopic (exact) mass is 247 g/mol. The molecule has 2 aliphatic carbocycles. The van der Waals surface area contributed by atoms with Gasteiger partial charge >= 0.3 is 0 Å². The first-order valence-corrected chi connectivity index (χ1v) is 7.13. The number of hydrogen-bond acceptors (Lipinski definition) is 5. The van der Waals surface area contributed by atoms with Gasteiger partial charge in [-0.2, -0.15) is 10.1 Å². The van der Waals surface area contributed by atoms with E-state index in [4.69, 9.17) is 0 Å². The molecule has 0 bridgehead atoms. The molecular weight excluding hydrogens is 226 g/mol. The predicted octanol–water partition coefficient (Wildman–Crippen LogP) is 2.58. The third-order valence-electron chi connectivity index (χ3n) is 3.68. The summed E-state index contributed by atoms with van der Waals surface area (Å²) >= 11 is 0. The molecule has 0 aliphatic heterocycles. The highest BCUT2D eigenvalue weighted by atomic mass is 15.3. The van der Waals surface area contributed by atoms with Crippen LogP contribution < -0.4 is 10.6 Å². The van der Waals surface area contributed by atoms with Crippen molar-refractivity contribution < 1.29 is 0 Å². The molecule has 1 aromatic heterocycles. The van der Waals surface area contributed by atoms with E-state index in [1.807, 2.05) is 0 Å². The first-order valence-electron chi connectivity index (χ1n) is 7.13. The molecule has 2 N–H and O–H groups in total. The van der Waals surface area contributed by atoms with Crippen molar-refractivity contribution in [2.24, 2.45) is 0 Å². The van der Waals surface area contributed by atoms with Crippen LogP contribution in [0.3, 0.4) is 0 Å². The van der Waals surface area contributed by atoms with Crippen LogP contribution in [0.25, 0.3) is 0 Å². The van der Waals surface area contributed by atoms with Gasteiger partial charge in [-0.05, 0) is 25.7 Å². The maximum absolute atomic E-state index is 4.48. The van der Waals surface area contributed by atoms with Crippen molar-refractivity contribution in [1.29, 1.82) is 0 Å². The second kappa shape index (κ2) is 5.50. The van der Waals surface area contributed by atoms with E-state index in [0.717, 1.165) is 5.82 Å². The highest BCUT2D eigenvalue weighted by Gasteiger charge is 2.22. The van der Waals surface area contributed by atoms with Gasteiger partial charge in [0.1, 0.15) is 0 Å². The SMILES string of the molecule is c1nnc(NC2CC2)nc1NC1CCCCCC1. The summed E-state index contributed by atoms with van der Waals surface area (Å²) in [6, 6.07) is 1.12. The van der Waals surface area contributed by atoms with Gasteiger partial charge in [0.2, 0.25) is 5.95 Å². The molecule has 1 heterocycles. The number of rotatable bonds is 4. The first kappa shape index (κ1) is 11.7. The Morgan fingerprint density at radius 2 is 1.61 bits per heavy atom. The zero-order valence-corrected chi connectivity index (χ0v) is 10.7. The molecule has 2 fully saturated rings. The molecule has 1 aromatic rings. The summed E-state index contributed by atoms with van der Waals surface area (Å²) in [4.78, 5) is 4.48. The van der Waals surface area contributed by atoms with E-state index in [-0.39, 0.29) is 0 Å². The molecule has 0 unspecified atom stereocenters. The molecule has 5 nitrogen and oxygen atoms in total. The zero-order chi connectivity index (χ0) is 12.2. The molecule has 0 saturated heterocycles. The summed E-state index contributed by atoms with van der Waals surface area (Å²) in [5.74, 6) is 1.52. The fourth-order valence-corrected chi connectivity index (χ4v) is 2.48. The van der Waals surface area contributed by atoms with Crippen LogP contribution >= 0.6 is 0 Å². The summed E-state index contributed by atoms with van der Waals surface area (Å²) in [6.07, 6.45) is 12.1. The molecular formula is C13H21N5. The molecule has 0 radical (unpaired) electrons. The molecule has 3 rings (SSSR count). The molecule has 0 atom stereocenters. The number of nitrogens with zero attached hydrogens (tertiary/aromatic N) is 3. The predicted molar refractivity (Wildman–Crippen MR) is 71.6 cm³/mol. The van der Waals surface area contributed by atoms with E-state index in [1.54, 1.807) is 6.20 Å². The topological polar surface area (TPSA) is 62.7 Å². The van der Waals surface area contributed by atoms with Crippen molar-refractivity contribution in [3.8, 4) is 0 Å². The molecule has 0 spiro atoms. The van der Waals surface area contributed by atoms with E-state index in [9.17, 15) is 0 Å². The van der Waals surface area contributed by atoms with Crippen molar-refractivity contribution in [1.82, 2.24) is 15.2 Å².